The number of nitrogens with zero attached hydrogens (tertiary/aromatic N) is 3. The van der Waals surface area contributed by atoms with E-state index in [-0.39, 0.29) is 11.5 Å². The van der Waals surface area contributed by atoms with Crippen molar-refractivity contribution in [3.63, 3.8) is 0 Å². The summed E-state index contributed by atoms with van der Waals surface area (Å²) in [7, 11) is 0. The first kappa shape index (κ1) is 22.7. The third-order valence-electron chi connectivity index (χ3n) is 7.17. The maximum atomic E-state index is 13.9. The van der Waals surface area contributed by atoms with Gasteiger partial charge in [0.15, 0.2) is 5.16 Å². The average molecular weight is 482 g/mol. The Morgan fingerprint density at radius 3 is 2.67 bits per heavy atom. The number of rotatable bonds is 4. The number of hydrogen-bond donors (Lipinski definition) is 0. The molecule has 0 radical (unpaired) electrons. The van der Waals surface area contributed by atoms with E-state index >= 15 is 0 Å². The van der Waals surface area contributed by atoms with Gasteiger partial charge < -0.3 is 4.90 Å². The number of carbonyl (C=O) groups excluding carboxylic acids is 1. The quantitative estimate of drug-likeness (QED) is 0.375. The Hall–Kier alpha value is -2.12. The standard InChI is InChI=1S/C26H31N3O2S2/c1-16-10-12-28(13-11-16)22(30)15-32-26-27-24-23(20-6-4-5-7-21(20)33-24)25(31)29(26)19-9-8-17(2)18(3)14-19/h8-9,14,16H,4-7,10-13,15H2,1-3H3. The maximum absolute atomic E-state index is 13.9. The Balaban J connectivity index is 1.55. The second kappa shape index (κ2) is 9.26. The smallest absolute Gasteiger partial charge is 0.267 e. The summed E-state index contributed by atoms with van der Waals surface area (Å²) >= 11 is 3.06. The van der Waals surface area contributed by atoms with Crippen LogP contribution >= 0.6 is 23.1 Å². The summed E-state index contributed by atoms with van der Waals surface area (Å²) in [5, 5.41) is 1.40. The van der Waals surface area contributed by atoms with E-state index in [1.54, 1.807) is 15.9 Å². The summed E-state index contributed by atoms with van der Waals surface area (Å²) in [6.07, 6.45) is 6.42. The topological polar surface area (TPSA) is 55.2 Å². The predicted molar refractivity (Wildman–Crippen MR) is 137 cm³/mol. The normalized spacial score (nSPS) is 16.9. The molecule has 0 spiro atoms. The Bertz CT molecular complexity index is 1270. The minimum Gasteiger partial charge on any atom is -0.342 e. The van der Waals surface area contributed by atoms with Gasteiger partial charge in [0.25, 0.3) is 5.56 Å². The molecule has 1 saturated heterocycles. The second-order valence-corrected chi connectivity index (χ2v) is 11.6. The van der Waals surface area contributed by atoms with Crippen LogP contribution in [0.3, 0.4) is 0 Å². The molecule has 0 N–H and O–H groups in total. The first-order chi connectivity index (χ1) is 15.9. The molecule has 7 heteroatoms. The Morgan fingerprint density at radius 1 is 1.15 bits per heavy atom. The van der Waals surface area contributed by atoms with Crippen LogP contribution in [0.15, 0.2) is 28.2 Å². The lowest BCUT2D eigenvalue weighted by Gasteiger charge is -2.30. The number of thioether (sulfide) groups is 1. The van der Waals surface area contributed by atoms with Crippen molar-refractivity contribution in [1.29, 1.82) is 0 Å². The van der Waals surface area contributed by atoms with Gasteiger partial charge in [-0.3, -0.25) is 14.2 Å². The molecule has 33 heavy (non-hydrogen) atoms. The summed E-state index contributed by atoms with van der Waals surface area (Å²) in [4.78, 5) is 35.9. The van der Waals surface area contributed by atoms with Gasteiger partial charge in [-0.25, -0.2) is 4.98 Å². The van der Waals surface area contributed by atoms with Gasteiger partial charge in [-0.2, -0.15) is 0 Å². The molecular formula is C26H31N3O2S2. The fourth-order valence-corrected chi connectivity index (χ4v) is 7.07. The van der Waals surface area contributed by atoms with Crippen LogP contribution in [-0.2, 0) is 17.6 Å². The van der Waals surface area contributed by atoms with E-state index in [1.807, 2.05) is 11.0 Å². The zero-order valence-electron chi connectivity index (χ0n) is 19.6. The number of thiophene rings is 1. The second-order valence-electron chi connectivity index (χ2n) is 9.55. The molecule has 3 heterocycles. The summed E-state index contributed by atoms with van der Waals surface area (Å²) in [6.45, 7) is 8.05. The largest absolute Gasteiger partial charge is 0.342 e. The zero-order chi connectivity index (χ0) is 23.1. The van der Waals surface area contributed by atoms with Crippen LogP contribution < -0.4 is 5.56 Å². The molecule has 3 aromatic rings. The molecule has 1 amide bonds. The van der Waals surface area contributed by atoms with Gasteiger partial charge in [0.2, 0.25) is 5.91 Å². The number of aromatic nitrogens is 2. The van der Waals surface area contributed by atoms with E-state index in [9.17, 15) is 9.59 Å². The minimum absolute atomic E-state index is 0.00407. The molecule has 5 nitrogen and oxygen atoms in total. The van der Waals surface area contributed by atoms with E-state index in [1.165, 1.54) is 34.2 Å². The molecule has 174 valence electrons. The monoisotopic (exact) mass is 481 g/mol. The zero-order valence-corrected chi connectivity index (χ0v) is 21.3. The fourth-order valence-electron chi connectivity index (χ4n) is 4.85. The van der Waals surface area contributed by atoms with E-state index in [0.29, 0.717) is 16.8 Å². The predicted octanol–water partition coefficient (Wildman–Crippen LogP) is 5.29. The van der Waals surface area contributed by atoms with Crippen molar-refractivity contribution in [2.45, 2.75) is 64.5 Å². The van der Waals surface area contributed by atoms with Gasteiger partial charge in [0, 0.05) is 18.0 Å². The van der Waals surface area contributed by atoms with Crippen LogP contribution in [0, 0.1) is 19.8 Å². The summed E-state index contributed by atoms with van der Waals surface area (Å²) in [5.41, 5.74) is 4.37. The van der Waals surface area contributed by atoms with Gasteiger partial charge in [-0.05, 0) is 87.1 Å². The molecule has 0 atom stereocenters. The molecule has 5 rings (SSSR count). The highest BCUT2D eigenvalue weighted by atomic mass is 32.2. The van der Waals surface area contributed by atoms with Crippen LogP contribution in [0.25, 0.3) is 15.9 Å². The van der Waals surface area contributed by atoms with Gasteiger partial charge >= 0.3 is 0 Å². The molecule has 1 aliphatic carbocycles. The lowest BCUT2D eigenvalue weighted by atomic mass is 9.97. The molecule has 1 aromatic carbocycles. The van der Waals surface area contributed by atoms with Crippen molar-refractivity contribution in [3.05, 3.63) is 50.1 Å². The van der Waals surface area contributed by atoms with Crippen molar-refractivity contribution in [2.24, 2.45) is 5.92 Å². The molecule has 0 unspecified atom stereocenters. The number of fused-ring (bicyclic) bond motifs is 3. The first-order valence-electron chi connectivity index (χ1n) is 12.0. The number of benzene rings is 1. The summed E-state index contributed by atoms with van der Waals surface area (Å²) < 4.78 is 1.74. The molecule has 1 aliphatic heterocycles. The van der Waals surface area contributed by atoms with E-state index in [2.05, 4.69) is 32.9 Å². The van der Waals surface area contributed by atoms with Crippen LogP contribution in [0.4, 0.5) is 0 Å². The Labute approximate surface area is 203 Å². The van der Waals surface area contributed by atoms with Crippen LogP contribution in [-0.4, -0.2) is 39.2 Å². The van der Waals surface area contributed by atoms with E-state index in [4.69, 9.17) is 4.98 Å². The van der Waals surface area contributed by atoms with Crippen molar-refractivity contribution in [2.75, 3.05) is 18.8 Å². The maximum Gasteiger partial charge on any atom is 0.267 e. The SMILES string of the molecule is Cc1ccc(-n2c(SCC(=O)N3CCC(C)CC3)nc3sc4c(c3c2=O)CCCC4)cc1C. The highest BCUT2D eigenvalue weighted by molar-refractivity contribution is 7.99. The Kier molecular flexibility index (Phi) is 6.36. The van der Waals surface area contributed by atoms with Crippen molar-refractivity contribution < 1.29 is 4.79 Å². The number of piperidine rings is 1. The van der Waals surface area contributed by atoms with Crippen molar-refractivity contribution >= 4 is 39.2 Å². The molecule has 1 fully saturated rings. The summed E-state index contributed by atoms with van der Waals surface area (Å²) in [6, 6.07) is 6.10. The van der Waals surface area contributed by atoms with Crippen LogP contribution in [0.5, 0.6) is 0 Å². The third kappa shape index (κ3) is 4.37. The van der Waals surface area contributed by atoms with Crippen LogP contribution in [0.1, 0.15) is 54.2 Å². The van der Waals surface area contributed by atoms with Crippen LogP contribution in [0.2, 0.25) is 0 Å². The number of hydrogen-bond acceptors (Lipinski definition) is 5. The highest BCUT2D eigenvalue weighted by Gasteiger charge is 2.25. The minimum atomic E-state index is 0.00407. The number of aryl methyl sites for hydroxylation is 4. The fraction of sp³-hybridized carbons (Fsp3) is 0.500. The van der Waals surface area contributed by atoms with Crippen molar-refractivity contribution in [3.8, 4) is 5.69 Å². The van der Waals surface area contributed by atoms with E-state index < -0.39 is 0 Å². The van der Waals surface area contributed by atoms with Gasteiger partial charge in [-0.1, -0.05) is 24.8 Å². The lowest BCUT2D eigenvalue weighted by Crippen LogP contribution is -2.39. The van der Waals surface area contributed by atoms with Gasteiger partial charge in [0.05, 0.1) is 16.8 Å². The molecule has 2 aromatic heterocycles. The number of amides is 1. The average Bonchev–Trinajstić information content (AvgIpc) is 3.18. The molecule has 0 saturated carbocycles. The summed E-state index contributed by atoms with van der Waals surface area (Å²) in [5.74, 6) is 1.13. The molecule has 0 bridgehead atoms. The molecule has 2 aliphatic rings. The number of likely N-dealkylation sites (tertiary alicyclic amines) is 1. The van der Waals surface area contributed by atoms with Crippen molar-refractivity contribution in [1.82, 2.24) is 14.5 Å². The first-order valence-corrected chi connectivity index (χ1v) is 13.8. The Morgan fingerprint density at radius 2 is 1.91 bits per heavy atom. The lowest BCUT2D eigenvalue weighted by molar-refractivity contribution is -0.129. The van der Waals surface area contributed by atoms with Gasteiger partial charge in [-0.15, -0.1) is 11.3 Å². The van der Waals surface area contributed by atoms with Gasteiger partial charge in [0.1, 0.15) is 4.83 Å². The number of carbonyl (C=O) groups is 1. The third-order valence-corrected chi connectivity index (χ3v) is 9.28. The van der Waals surface area contributed by atoms with E-state index in [0.717, 1.165) is 66.7 Å². The highest BCUT2D eigenvalue weighted by Crippen LogP contribution is 2.35. The molecular weight excluding hydrogens is 450 g/mol.